The quantitative estimate of drug-likeness (QED) is 0.781. The summed E-state index contributed by atoms with van der Waals surface area (Å²) in [4.78, 5) is 4.02. The monoisotopic (exact) mass is 292 g/mol. The maximum Gasteiger partial charge on any atom is 0.243 e. The highest BCUT2D eigenvalue weighted by Crippen LogP contribution is 2.21. The highest BCUT2D eigenvalue weighted by atomic mass is 35.5. The van der Waals surface area contributed by atoms with Crippen LogP contribution in [0.5, 0.6) is 0 Å². The van der Waals surface area contributed by atoms with Gasteiger partial charge in [0.25, 0.3) is 0 Å². The lowest BCUT2D eigenvalue weighted by Gasteiger charge is -2.19. The first-order valence-electron chi connectivity index (χ1n) is 5.30. The molecule has 0 aromatic carbocycles. The zero-order chi connectivity index (χ0) is 12.3. The summed E-state index contributed by atoms with van der Waals surface area (Å²) in [6.07, 6.45) is 2.31. The van der Waals surface area contributed by atoms with E-state index in [0.29, 0.717) is 13.1 Å². The van der Waals surface area contributed by atoms with E-state index >= 15 is 0 Å². The maximum atomic E-state index is 12.3. The topological polar surface area (TPSA) is 50.3 Å². The molecule has 1 aromatic rings. The van der Waals surface area contributed by atoms with Crippen LogP contribution in [0.15, 0.2) is 23.2 Å². The molecule has 0 unspecified atom stereocenters. The van der Waals surface area contributed by atoms with E-state index in [1.807, 2.05) is 0 Å². The lowest BCUT2D eigenvalue weighted by Crippen LogP contribution is -2.33. The Hall–Kier alpha value is -0.300. The number of hydrogen-bond acceptors (Lipinski definition) is 4. The summed E-state index contributed by atoms with van der Waals surface area (Å²) >= 11 is 7.51. The molecular weight excluding hydrogens is 280 g/mol. The summed E-state index contributed by atoms with van der Waals surface area (Å²) in [5.41, 5.74) is 0. The number of aromatic nitrogens is 1. The van der Waals surface area contributed by atoms with Gasteiger partial charge in [0.15, 0.2) is 0 Å². The van der Waals surface area contributed by atoms with Gasteiger partial charge in [-0.1, -0.05) is 11.6 Å². The molecule has 0 spiro atoms. The van der Waals surface area contributed by atoms with Gasteiger partial charge in [-0.2, -0.15) is 16.1 Å². The second-order valence-electron chi connectivity index (χ2n) is 3.68. The Kier molecular flexibility index (Phi) is 4.30. The summed E-state index contributed by atoms with van der Waals surface area (Å²) in [6.45, 7) is 1.14. The normalized spacial score (nSPS) is 18.9. The number of hydrogen-bond donors (Lipinski definition) is 0. The molecule has 0 aliphatic carbocycles. The maximum absolute atomic E-state index is 12.3. The first-order valence-corrected chi connectivity index (χ1v) is 8.27. The molecule has 4 nitrogen and oxygen atoms in total. The van der Waals surface area contributed by atoms with Gasteiger partial charge in [0, 0.05) is 25.0 Å². The lowest BCUT2D eigenvalue weighted by atomic mass is 10.5. The van der Waals surface area contributed by atoms with Gasteiger partial charge in [-0.15, -0.1) is 0 Å². The van der Waals surface area contributed by atoms with E-state index < -0.39 is 10.0 Å². The average molecular weight is 293 g/mol. The molecule has 2 heterocycles. The summed E-state index contributed by atoms with van der Waals surface area (Å²) in [6, 6.07) is 2.88. The summed E-state index contributed by atoms with van der Waals surface area (Å²) in [7, 11) is -3.41. The molecule has 1 aromatic heterocycles. The number of thioether (sulfide) groups is 1. The van der Waals surface area contributed by atoms with E-state index in [2.05, 4.69) is 4.98 Å². The minimum atomic E-state index is -3.41. The van der Waals surface area contributed by atoms with Crippen molar-refractivity contribution in [1.29, 1.82) is 0 Å². The number of rotatable bonds is 2. The Morgan fingerprint density at radius 3 is 2.94 bits per heavy atom. The molecule has 1 saturated heterocycles. The molecule has 1 aliphatic rings. The van der Waals surface area contributed by atoms with E-state index in [1.165, 1.54) is 22.6 Å². The Morgan fingerprint density at radius 2 is 2.18 bits per heavy atom. The van der Waals surface area contributed by atoms with Gasteiger partial charge in [0.1, 0.15) is 5.15 Å². The van der Waals surface area contributed by atoms with Crippen LogP contribution in [0.25, 0.3) is 0 Å². The van der Waals surface area contributed by atoms with Crippen molar-refractivity contribution in [1.82, 2.24) is 9.29 Å². The minimum Gasteiger partial charge on any atom is -0.244 e. The fraction of sp³-hybridized carbons (Fsp3) is 0.500. The molecule has 17 heavy (non-hydrogen) atoms. The Bertz CT molecular complexity index is 485. The number of sulfonamides is 1. The predicted molar refractivity (Wildman–Crippen MR) is 69.9 cm³/mol. The predicted octanol–water partition coefficient (Wildman–Crippen LogP) is 1.86. The second kappa shape index (κ2) is 5.56. The van der Waals surface area contributed by atoms with E-state index in [1.54, 1.807) is 11.8 Å². The minimum absolute atomic E-state index is 0.204. The van der Waals surface area contributed by atoms with E-state index in [9.17, 15) is 8.42 Å². The smallest absolute Gasteiger partial charge is 0.243 e. The van der Waals surface area contributed by atoms with Crippen molar-refractivity contribution < 1.29 is 8.42 Å². The van der Waals surface area contributed by atoms with Gasteiger partial charge in [0.05, 0.1) is 4.90 Å². The third-order valence-corrected chi connectivity index (χ3v) is 5.67. The van der Waals surface area contributed by atoms with Crippen molar-refractivity contribution in [2.45, 2.75) is 11.3 Å². The van der Waals surface area contributed by atoms with Crippen LogP contribution in [0.3, 0.4) is 0 Å². The van der Waals surface area contributed by atoms with Crippen LogP contribution in [0.2, 0.25) is 5.15 Å². The fourth-order valence-electron chi connectivity index (χ4n) is 1.66. The first-order chi connectivity index (χ1) is 8.10. The highest BCUT2D eigenvalue weighted by molar-refractivity contribution is 7.99. The number of pyridine rings is 1. The fourth-order valence-corrected chi connectivity index (χ4v) is 4.39. The molecule has 0 saturated carbocycles. The standard InChI is InChI=1S/C10H13ClN2O2S2/c11-10-8-9(2-3-12-10)17(14,15)13-4-1-6-16-7-5-13/h2-3,8H,1,4-7H2. The molecule has 94 valence electrons. The average Bonchev–Trinajstić information content (AvgIpc) is 2.58. The van der Waals surface area contributed by atoms with Gasteiger partial charge >= 0.3 is 0 Å². The molecule has 7 heteroatoms. The number of halogens is 1. The van der Waals surface area contributed by atoms with Crippen LogP contribution in [0.1, 0.15) is 6.42 Å². The molecule has 0 atom stereocenters. The third kappa shape index (κ3) is 3.13. The van der Waals surface area contributed by atoms with Gasteiger partial charge < -0.3 is 0 Å². The third-order valence-electron chi connectivity index (χ3n) is 2.52. The van der Waals surface area contributed by atoms with Crippen molar-refractivity contribution >= 4 is 33.4 Å². The van der Waals surface area contributed by atoms with Crippen molar-refractivity contribution in [3.63, 3.8) is 0 Å². The van der Waals surface area contributed by atoms with Crippen LogP contribution in [-0.4, -0.2) is 42.3 Å². The van der Waals surface area contributed by atoms with Crippen LogP contribution in [-0.2, 0) is 10.0 Å². The van der Waals surface area contributed by atoms with Crippen molar-refractivity contribution in [2.75, 3.05) is 24.6 Å². The van der Waals surface area contributed by atoms with Gasteiger partial charge in [-0.05, 0) is 24.3 Å². The highest BCUT2D eigenvalue weighted by Gasteiger charge is 2.25. The van der Waals surface area contributed by atoms with Crippen LogP contribution in [0.4, 0.5) is 0 Å². The molecule has 1 aliphatic heterocycles. The SMILES string of the molecule is O=S(=O)(c1ccnc(Cl)c1)N1CCCSCC1. The number of nitrogens with zero attached hydrogens (tertiary/aromatic N) is 2. The molecule has 0 radical (unpaired) electrons. The molecular formula is C10H13ClN2O2S2. The molecule has 1 fully saturated rings. The Balaban J connectivity index is 2.28. The van der Waals surface area contributed by atoms with Gasteiger partial charge in [-0.3, -0.25) is 0 Å². The van der Waals surface area contributed by atoms with Gasteiger partial charge in [-0.25, -0.2) is 13.4 Å². The summed E-state index contributed by atoms with van der Waals surface area (Å²) in [5.74, 6) is 1.86. The zero-order valence-corrected chi connectivity index (χ0v) is 11.6. The molecule has 0 N–H and O–H groups in total. The summed E-state index contributed by atoms with van der Waals surface area (Å²) < 4.78 is 26.2. The van der Waals surface area contributed by atoms with Gasteiger partial charge in [0.2, 0.25) is 10.0 Å². The van der Waals surface area contributed by atoms with Crippen LogP contribution >= 0.6 is 23.4 Å². The van der Waals surface area contributed by atoms with Crippen molar-refractivity contribution in [3.8, 4) is 0 Å². The van der Waals surface area contributed by atoms with Crippen molar-refractivity contribution in [3.05, 3.63) is 23.5 Å². The lowest BCUT2D eigenvalue weighted by molar-refractivity contribution is 0.435. The molecule has 0 bridgehead atoms. The Labute approximate surface area is 110 Å². The molecule has 0 amide bonds. The summed E-state index contributed by atoms with van der Waals surface area (Å²) in [5, 5.41) is 0.204. The van der Waals surface area contributed by atoms with Crippen LogP contribution in [0, 0.1) is 0 Å². The van der Waals surface area contributed by atoms with Crippen LogP contribution < -0.4 is 0 Å². The Morgan fingerprint density at radius 1 is 1.35 bits per heavy atom. The van der Waals surface area contributed by atoms with E-state index in [4.69, 9.17) is 11.6 Å². The van der Waals surface area contributed by atoms with E-state index in [0.717, 1.165) is 17.9 Å². The second-order valence-corrected chi connectivity index (χ2v) is 7.23. The molecule has 2 rings (SSSR count). The first kappa shape index (κ1) is 13.1. The zero-order valence-electron chi connectivity index (χ0n) is 9.17. The van der Waals surface area contributed by atoms with Crippen molar-refractivity contribution in [2.24, 2.45) is 0 Å². The van der Waals surface area contributed by atoms with E-state index in [-0.39, 0.29) is 10.0 Å². The largest absolute Gasteiger partial charge is 0.244 e.